The molecule has 26 heavy (non-hydrogen) atoms. The Bertz CT molecular complexity index is 766. The number of hydrogen-bond donors (Lipinski definition) is 2. The molecule has 0 saturated heterocycles. The number of fused-ring (bicyclic) bond motifs is 1. The van der Waals surface area contributed by atoms with Crippen molar-refractivity contribution in [1.82, 2.24) is 15.6 Å². The average molecular weight is 500 g/mol. The minimum absolute atomic E-state index is 0. The van der Waals surface area contributed by atoms with Crippen LogP contribution in [0, 0.1) is 0 Å². The van der Waals surface area contributed by atoms with E-state index in [2.05, 4.69) is 63.2 Å². The van der Waals surface area contributed by atoms with Gasteiger partial charge in [-0.25, -0.2) is 4.98 Å². The molecule has 0 spiro atoms. The molecular formula is C19H25IN4S2. The number of para-hydroxylation sites is 1. The van der Waals surface area contributed by atoms with Gasteiger partial charge in [-0.3, -0.25) is 4.99 Å². The first-order valence-corrected chi connectivity index (χ1v) is 10.4. The van der Waals surface area contributed by atoms with E-state index in [4.69, 9.17) is 0 Å². The number of aryl methyl sites for hydroxylation is 1. The number of thiophene rings is 1. The molecule has 0 aliphatic heterocycles. The summed E-state index contributed by atoms with van der Waals surface area (Å²) in [7, 11) is 0. The monoisotopic (exact) mass is 500 g/mol. The summed E-state index contributed by atoms with van der Waals surface area (Å²) < 4.78 is 1.27. The number of halogens is 1. The third-order valence-electron chi connectivity index (χ3n) is 3.75. The van der Waals surface area contributed by atoms with Crippen LogP contribution in [0.2, 0.25) is 0 Å². The van der Waals surface area contributed by atoms with Gasteiger partial charge in [-0.15, -0.1) is 46.7 Å². The second-order valence-corrected chi connectivity index (χ2v) is 7.84. The van der Waals surface area contributed by atoms with Crippen LogP contribution in [-0.2, 0) is 12.8 Å². The minimum Gasteiger partial charge on any atom is -0.357 e. The van der Waals surface area contributed by atoms with Crippen LogP contribution in [-0.4, -0.2) is 30.6 Å². The number of aliphatic imine (C=N–C) groups is 1. The maximum atomic E-state index is 4.68. The van der Waals surface area contributed by atoms with Crippen molar-refractivity contribution in [2.75, 3.05) is 19.6 Å². The van der Waals surface area contributed by atoms with Crippen LogP contribution in [0.4, 0.5) is 0 Å². The molecular weight excluding hydrogens is 475 g/mol. The van der Waals surface area contributed by atoms with Gasteiger partial charge in [0.2, 0.25) is 0 Å². The molecule has 7 heteroatoms. The Kier molecular flexibility index (Phi) is 9.35. The first-order valence-electron chi connectivity index (χ1n) is 8.74. The molecule has 2 aromatic heterocycles. The molecule has 0 aliphatic carbocycles. The highest BCUT2D eigenvalue weighted by molar-refractivity contribution is 14.0. The zero-order valence-corrected chi connectivity index (χ0v) is 18.9. The SMILES string of the molecule is CCNC(=NCCCc1nc2ccccc2s1)NCCc1cccs1.I. The van der Waals surface area contributed by atoms with Gasteiger partial charge in [-0.1, -0.05) is 18.2 Å². The fourth-order valence-electron chi connectivity index (χ4n) is 2.55. The van der Waals surface area contributed by atoms with Crippen LogP contribution in [0.3, 0.4) is 0 Å². The molecule has 3 aromatic rings. The van der Waals surface area contributed by atoms with Crippen molar-refractivity contribution in [3.05, 3.63) is 51.7 Å². The number of rotatable bonds is 8. The van der Waals surface area contributed by atoms with Gasteiger partial charge in [0.05, 0.1) is 15.2 Å². The molecule has 4 nitrogen and oxygen atoms in total. The summed E-state index contributed by atoms with van der Waals surface area (Å²) in [5.41, 5.74) is 1.11. The van der Waals surface area contributed by atoms with E-state index in [0.717, 1.165) is 50.4 Å². The van der Waals surface area contributed by atoms with Gasteiger partial charge < -0.3 is 10.6 Å². The van der Waals surface area contributed by atoms with Gasteiger partial charge in [0.15, 0.2) is 5.96 Å². The smallest absolute Gasteiger partial charge is 0.191 e. The number of nitrogens with zero attached hydrogens (tertiary/aromatic N) is 2. The van der Waals surface area contributed by atoms with E-state index >= 15 is 0 Å². The third-order valence-corrected chi connectivity index (χ3v) is 5.78. The van der Waals surface area contributed by atoms with Crippen LogP contribution in [0.5, 0.6) is 0 Å². The molecule has 0 radical (unpaired) electrons. The topological polar surface area (TPSA) is 49.3 Å². The Balaban J connectivity index is 0.00000243. The lowest BCUT2D eigenvalue weighted by Crippen LogP contribution is -2.38. The molecule has 3 rings (SSSR count). The van der Waals surface area contributed by atoms with Crippen molar-refractivity contribution in [2.24, 2.45) is 4.99 Å². The Hall–Kier alpha value is -1.19. The number of benzene rings is 1. The number of nitrogens with one attached hydrogen (secondary N) is 2. The normalized spacial score (nSPS) is 11.3. The summed E-state index contributed by atoms with van der Waals surface area (Å²) in [6.45, 7) is 4.69. The molecule has 0 bridgehead atoms. The van der Waals surface area contributed by atoms with Gasteiger partial charge >= 0.3 is 0 Å². The molecule has 0 unspecified atom stereocenters. The summed E-state index contributed by atoms with van der Waals surface area (Å²) in [5, 5.41) is 10.0. The maximum absolute atomic E-state index is 4.68. The lowest BCUT2D eigenvalue weighted by atomic mass is 10.3. The van der Waals surface area contributed by atoms with Crippen LogP contribution in [0.15, 0.2) is 46.8 Å². The van der Waals surface area contributed by atoms with E-state index in [1.165, 1.54) is 14.6 Å². The molecule has 140 valence electrons. The van der Waals surface area contributed by atoms with E-state index in [1.807, 2.05) is 6.07 Å². The highest BCUT2D eigenvalue weighted by atomic mass is 127. The third kappa shape index (κ3) is 6.51. The Labute approximate surface area is 180 Å². The molecule has 0 fully saturated rings. The summed E-state index contributed by atoms with van der Waals surface area (Å²) in [4.78, 5) is 10.8. The zero-order valence-electron chi connectivity index (χ0n) is 14.9. The molecule has 2 heterocycles. The molecule has 0 aliphatic rings. The van der Waals surface area contributed by atoms with Crippen LogP contribution in [0.25, 0.3) is 10.2 Å². The average Bonchev–Trinajstić information content (AvgIpc) is 3.27. The lowest BCUT2D eigenvalue weighted by Gasteiger charge is -2.10. The highest BCUT2D eigenvalue weighted by Crippen LogP contribution is 2.22. The highest BCUT2D eigenvalue weighted by Gasteiger charge is 2.03. The summed E-state index contributed by atoms with van der Waals surface area (Å²) in [6, 6.07) is 12.6. The fourth-order valence-corrected chi connectivity index (χ4v) is 4.27. The van der Waals surface area contributed by atoms with Gasteiger partial charge in [0, 0.05) is 30.9 Å². The van der Waals surface area contributed by atoms with Gasteiger partial charge in [0.25, 0.3) is 0 Å². The Morgan fingerprint density at radius 2 is 2.00 bits per heavy atom. The summed E-state index contributed by atoms with van der Waals surface area (Å²) in [5.74, 6) is 0.906. The fraction of sp³-hybridized carbons (Fsp3) is 0.368. The molecule has 0 amide bonds. The van der Waals surface area contributed by atoms with Crippen molar-refractivity contribution < 1.29 is 0 Å². The maximum Gasteiger partial charge on any atom is 0.191 e. The van der Waals surface area contributed by atoms with E-state index in [1.54, 1.807) is 22.7 Å². The second-order valence-electron chi connectivity index (χ2n) is 5.70. The van der Waals surface area contributed by atoms with Crippen molar-refractivity contribution >= 4 is 62.8 Å². The molecule has 2 N–H and O–H groups in total. The molecule has 1 aromatic carbocycles. The van der Waals surface area contributed by atoms with Crippen LogP contribution < -0.4 is 10.6 Å². The van der Waals surface area contributed by atoms with Gasteiger partial charge in [-0.2, -0.15) is 0 Å². The van der Waals surface area contributed by atoms with Crippen LogP contribution >= 0.6 is 46.7 Å². The second kappa shape index (κ2) is 11.5. The number of aromatic nitrogens is 1. The number of thiazole rings is 1. The van der Waals surface area contributed by atoms with E-state index < -0.39 is 0 Å². The standard InChI is InChI=1S/C19H24N4S2.HI/c1-2-20-19(22-13-11-15-7-6-14-24-15)21-12-5-10-18-23-16-8-3-4-9-17(16)25-18;/h3-4,6-9,14H,2,5,10-13H2,1H3,(H2,20,21,22);1H. The van der Waals surface area contributed by atoms with Crippen molar-refractivity contribution in [1.29, 1.82) is 0 Å². The first kappa shape index (κ1) is 21.1. The Morgan fingerprint density at radius 3 is 2.77 bits per heavy atom. The number of hydrogen-bond acceptors (Lipinski definition) is 4. The first-order chi connectivity index (χ1) is 12.3. The number of guanidine groups is 1. The van der Waals surface area contributed by atoms with Crippen molar-refractivity contribution in [2.45, 2.75) is 26.2 Å². The van der Waals surface area contributed by atoms with Crippen LogP contribution in [0.1, 0.15) is 23.2 Å². The lowest BCUT2D eigenvalue weighted by molar-refractivity contribution is 0.778. The predicted octanol–water partition coefficient (Wildman–Crippen LogP) is 4.71. The largest absolute Gasteiger partial charge is 0.357 e. The predicted molar refractivity (Wildman–Crippen MR) is 125 cm³/mol. The van der Waals surface area contributed by atoms with E-state index in [-0.39, 0.29) is 24.0 Å². The van der Waals surface area contributed by atoms with E-state index in [9.17, 15) is 0 Å². The zero-order chi connectivity index (χ0) is 17.3. The van der Waals surface area contributed by atoms with E-state index in [0.29, 0.717) is 0 Å². The van der Waals surface area contributed by atoms with Gasteiger partial charge in [-0.05, 0) is 43.3 Å². The summed E-state index contributed by atoms with van der Waals surface area (Å²) in [6.07, 6.45) is 3.03. The summed E-state index contributed by atoms with van der Waals surface area (Å²) >= 11 is 3.59. The van der Waals surface area contributed by atoms with Crippen molar-refractivity contribution in [3.8, 4) is 0 Å². The minimum atomic E-state index is 0. The van der Waals surface area contributed by atoms with Gasteiger partial charge in [0.1, 0.15) is 0 Å². The van der Waals surface area contributed by atoms with Crippen molar-refractivity contribution in [3.63, 3.8) is 0 Å². The Morgan fingerprint density at radius 1 is 1.12 bits per heavy atom. The quantitative estimate of drug-likeness (QED) is 0.204. The molecule has 0 atom stereocenters. The molecule has 0 saturated carbocycles.